The van der Waals surface area contributed by atoms with Crippen LogP contribution in [0.3, 0.4) is 0 Å². The second-order valence-electron chi connectivity index (χ2n) is 4.10. The van der Waals surface area contributed by atoms with E-state index in [1.165, 1.54) is 6.07 Å². The molecule has 0 radical (unpaired) electrons. The van der Waals surface area contributed by atoms with Crippen LogP contribution in [-0.2, 0) is 0 Å². The highest BCUT2D eigenvalue weighted by molar-refractivity contribution is 6.37. The second kappa shape index (κ2) is 5.56. The van der Waals surface area contributed by atoms with Crippen LogP contribution in [0.2, 0.25) is 10.0 Å². The minimum atomic E-state index is -0.597. The van der Waals surface area contributed by atoms with Gasteiger partial charge in [0.25, 0.3) is 5.69 Å². The number of nitro groups is 1. The van der Waals surface area contributed by atoms with Crippen molar-refractivity contribution < 1.29 is 14.8 Å². The zero-order valence-electron chi connectivity index (χ0n) is 10.3. The molecule has 0 spiro atoms. The number of aryl methyl sites for hydroxylation is 1. The van der Waals surface area contributed by atoms with Crippen molar-refractivity contribution in [2.45, 2.75) is 6.92 Å². The van der Waals surface area contributed by atoms with E-state index in [1.54, 1.807) is 19.1 Å². The van der Waals surface area contributed by atoms with Gasteiger partial charge >= 0.3 is 0 Å². The molecular formula is C13H9Cl2NO4. The van der Waals surface area contributed by atoms with Gasteiger partial charge in [0.2, 0.25) is 0 Å². The van der Waals surface area contributed by atoms with E-state index in [9.17, 15) is 15.2 Å². The highest BCUT2D eigenvalue weighted by Crippen LogP contribution is 2.40. The summed E-state index contributed by atoms with van der Waals surface area (Å²) >= 11 is 11.9. The van der Waals surface area contributed by atoms with Gasteiger partial charge in [-0.1, -0.05) is 23.2 Å². The molecule has 0 atom stereocenters. The van der Waals surface area contributed by atoms with Crippen LogP contribution in [0.15, 0.2) is 30.3 Å². The van der Waals surface area contributed by atoms with Gasteiger partial charge in [0.1, 0.15) is 11.5 Å². The Balaban J connectivity index is 2.41. The summed E-state index contributed by atoms with van der Waals surface area (Å²) in [5.41, 5.74) is 0.564. The highest BCUT2D eigenvalue weighted by Gasteiger charge is 2.16. The van der Waals surface area contributed by atoms with Gasteiger partial charge in [0.05, 0.1) is 15.0 Å². The Bertz CT molecular complexity index is 645. The predicted molar refractivity (Wildman–Crippen MR) is 76.0 cm³/mol. The van der Waals surface area contributed by atoms with E-state index >= 15 is 0 Å². The van der Waals surface area contributed by atoms with Crippen LogP contribution >= 0.6 is 23.2 Å². The Morgan fingerprint density at radius 2 is 1.75 bits per heavy atom. The number of hydrogen-bond donors (Lipinski definition) is 1. The topological polar surface area (TPSA) is 72.6 Å². The number of ether oxygens (including phenoxy) is 1. The first-order valence-corrected chi connectivity index (χ1v) is 6.24. The maximum absolute atomic E-state index is 10.7. The van der Waals surface area contributed by atoms with Gasteiger partial charge in [0, 0.05) is 18.2 Å². The number of hydrogen-bond acceptors (Lipinski definition) is 4. The number of halogens is 2. The summed E-state index contributed by atoms with van der Waals surface area (Å²) in [6, 6.07) is 6.93. The Labute approximate surface area is 124 Å². The molecule has 1 N–H and O–H groups in total. The SMILES string of the molecule is Cc1cc(O)cc(Oc2c(Cl)cc([N+](=O)[O-])cc2Cl)c1. The molecule has 7 heteroatoms. The average molecular weight is 314 g/mol. The standard InChI is InChI=1S/C13H9Cl2NO4/c1-7-2-9(17)6-10(3-7)20-13-11(14)4-8(16(18)19)5-12(13)15/h2-6,17H,1H3. The molecular weight excluding hydrogens is 305 g/mol. The number of phenols is 1. The molecule has 0 aromatic heterocycles. The van der Waals surface area contributed by atoms with E-state index in [0.29, 0.717) is 5.75 Å². The smallest absolute Gasteiger partial charge is 0.272 e. The first-order valence-electron chi connectivity index (χ1n) is 5.49. The Morgan fingerprint density at radius 3 is 2.25 bits per heavy atom. The van der Waals surface area contributed by atoms with Crippen molar-refractivity contribution in [1.29, 1.82) is 0 Å². The summed E-state index contributed by atoms with van der Waals surface area (Å²) in [5.74, 6) is 0.471. The molecule has 20 heavy (non-hydrogen) atoms. The second-order valence-corrected chi connectivity index (χ2v) is 4.92. The van der Waals surface area contributed by atoms with E-state index < -0.39 is 4.92 Å². The average Bonchev–Trinajstić information content (AvgIpc) is 2.32. The van der Waals surface area contributed by atoms with E-state index in [4.69, 9.17) is 27.9 Å². The van der Waals surface area contributed by atoms with E-state index in [2.05, 4.69) is 0 Å². The van der Waals surface area contributed by atoms with Gasteiger partial charge < -0.3 is 9.84 Å². The van der Waals surface area contributed by atoms with Crippen LogP contribution in [0, 0.1) is 17.0 Å². The van der Waals surface area contributed by atoms with Crippen molar-refractivity contribution in [3.05, 3.63) is 56.1 Å². The molecule has 0 unspecified atom stereocenters. The van der Waals surface area contributed by atoms with Crippen molar-refractivity contribution >= 4 is 28.9 Å². The van der Waals surface area contributed by atoms with Gasteiger partial charge in [-0.15, -0.1) is 0 Å². The lowest BCUT2D eigenvalue weighted by Gasteiger charge is -2.10. The molecule has 2 aromatic rings. The van der Waals surface area contributed by atoms with Gasteiger partial charge in [0.15, 0.2) is 5.75 Å². The third kappa shape index (κ3) is 3.12. The number of benzene rings is 2. The van der Waals surface area contributed by atoms with E-state index in [1.807, 2.05) is 0 Å². The number of non-ortho nitro benzene ring substituents is 1. The largest absolute Gasteiger partial charge is 0.508 e. The van der Waals surface area contributed by atoms with Crippen LogP contribution in [-0.4, -0.2) is 10.0 Å². The first-order chi connectivity index (χ1) is 9.36. The summed E-state index contributed by atoms with van der Waals surface area (Å²) < 4.78 is 5.49. The van der Waals surface area contributed by atoms with Crippen molar-refractivity contribution in [1.82, 2.24) is 0 Å². The third-order valence-corrected chi connectivity index (χ3v) is 3.01. The molecule has 104 valence electrons. The first kappa shape index (κ1) is 14.4. The molecule has 0 saturated carbocycles. The van der Waals surface area contributed by atoms with Crippen molar-refractivity contribution in [3.63, 3.8) is 0 Å². The molecule has 2 rings (SSSR count). The maximum Gasteiger partial charge on any atom is 0.272 e. The number of nitrogens with zero attached hydrogens (tertiary/aromatic N) is 1. The molecule has 2 aromatic carbocycles. The molecule has 0 fully saturated rings. The number of nitro benzene ring substituents is 1. The van der Waals surface area contributed by atoms with Gasteiger partial charge in [-0.25, -0.2) is 0 Å². The summed E-state index contributed by atoms with van der Waals surface area (Å²) in [6.45, 7) is 1.78. The van der Waals surface area contributed by atoms with Crippen LogP contribution in [0.5, 0.6) is 17.2 Å². The molecule has 5 nitrogen and oxygen atoms in total. The Morgan fingerprint density at radius 1 is 1.15 bits per heavy atom. The number of rotatable bonds is 3. The predicted octanol–water partition coefficient (Wildman–Crippen LogP) is 4.71. The van der Waals surface area contributed by atoms with E-state index in [-0.39, 0.29) is 27.2 Å². The quantitative estimate of drug-likeness (QED) is 0.658. The van der Waals surface area contributed by atoms with Crippen LogP contribution in [0.4, 0.5) is 5.69 Å². The van der Waals surface area contributed by atoms with Crippen LogP contribution in [0.25, 0.3) is 0 Å². The van der Waals surface area contributed by atoms with Crippen molar-refractivity contribution in [2.24, 2.45) is 0 Å². The molecule has 0 aliphatic rings. The molecule has 0 amide bonds. The molecule has 0 aliphatic carbocycles. The van der Waals surface area contributed by atoms with Gasteiger partial charge in [-0.2, -0.15) is 0 Å². The maximum atomic E-state index is 10.7. The monoisotopic (exact) mass is 313 g/mol. The fraction of sp³-hybridized carbons (Fsp3) is 0.0769. The fourth-order valence-corrected chi connectivity index (χ4v) is 2.21. The minimum absolute atomic E-state index is 0.0187. The third-order valence-electron chi connectivity index (χ3n) is 2.45. The van der Waals surface area contributed by atoms with Gasteiger partial charge in [-0.05, 0) is 24.6 Å². The Kier molecular flexibility index (Phi) is 4.01. The highest BCUT2D eigenvalue weighted by atomic mass is 35.5. The van der Waals surface area contributed by atoms with Gasteiger partial charge in [-0.3, -0.25) is 10.1 Å². The lowest BCUT2D eigenvalue weighted by Crippen LogP contribution is -1.92. The molecule has 0 heterocycles. The minimum Gasteiger partial charge on any atom is -0.508 e. The zero-order chi connectivity index (χ0) is 14.9. The molecule has 0 bridgehead atoms. The lowest BCUT2D eigenvalue weighted by molar-refractivity contribution is -0.384. The van der Waals surface area contributed by atoms with Crippen molar-refractivity contribution in [2.75, 3.05) is 0 Å². The summed E-state index contributed by atoms with van der Waals surface area (Å²) in [5, 5.41) is 20.2. The van der Waals surface area contributed by atoms with Crippen LogP contribution in [0.1, 0.15) is 5.56 Å². The fourth-order valence-electron chi connectivity index (χ4n) is 1.65. The molecule has 0 aliphatic heterocycles. The number of aromatic hydroxyl groups is 1. The van der Waals surface area contributed by atoms with Crippen LogP contribution < -0.4 is 4.74 Å². The zero-order valence-corrected chi connectivity index (χ0v) is 11.8. The lowest BCUT2D eigenvalue weighted by atomic mass is 10.2. The molecule has 0 saturated heterocycles. The summed E-state index contributed by atoms with van der Waals surface area (Å²) in [6.07, 6.45) is 0. The van der Waals surface area contributed by atoms with Crippen molar-refractivity contribution in [3.8, 4) is 17.2 Å². The number of phenolic OH excluding ortho intramolecular Hbond substituents is 1. The Hall–Kier alpha value is -1.98. The summed E-state index contributed by atoms with van der Waals surface area (Å²) in [7, 11) is 0. The normalized spacial score (nSPS) is 10.3. The summed E-state index contributed by atoms with van der Waals surface area (Å²) in [4.78, 5) is 10.1. The van der Waals surface area contributed by atoms with E-state index in [0.717, 1.165) is 17.7 Å².